The van der Waals surface area contributed by atoms with Crippen molar-refractivity contribution in [3.8, 4) is 0 Å². The van der Waals surface area contributed by atoms with Gasteiger partial charge in [0.15, 0.2) is 0 Å². The molecule has 2 heteroatoms. The van der Waals surface area contributed by atoms with Crippen LogP contribution in [0, 0.1) is 5.92 Å². The van der Waals surface area contributed by atoms with Crippen molar-refractivity contribution in [2.45, 2.75) is 18.8 Å². The highest BCUT2D eigenvalue weighted by atomic mass is 15.3. The molecular weight excluding hydrogens is 352 g/mol. The van der Waals surface area contributed by atoms with E-state index in [0.717, 1.165) is 31.3 Å². The Kier molecular flexibility index (Phi) is 5.36. The van der Waals surface area contributed by atoms with Gasteiger partial charge in [0.2, 0.25) is 0 Å². The maximum absolute atomic E-state index is 2.68. The van der Waals surface area contributed by atoms with Gasteiger partial charge in [0, 0.05) is 38.4 Å². The van der Waals surface area contributed by atoms with Crippen LogP contribution in [0.5, 0.6) is 0 Å². The number of benzene rings is 3. The van der Waals surface area contributed by atoms with E-state index in [0.29, 0.717) is 0 Å². The molecule has 2 fully saturated rings. The van der Waals surface area contributed by atoms with Crippen molar-refractivity contribution < 1.29 is 0 Å². The summed E-state index contributed by atoms with van der Waals surface area (Å²) in [5.74, 6) is 1.65. The van der Waals surface area contributed by atoms with Crippen molar-refractivity contribution in [1.82, 2.24) is 4.90 Å². The molecule has 0 amide bonds. The lowest BCUT2D eigenvalue weighted by atomic mass is 10.0. The first-order valence-electron chi connectivity index (χ1n) is 11.0. The molecule has 1 heterocycles. The van der Waals surface area contributed by atoms with Gasteiger partial charge in [0.25, 0.3) is 0 Å². The van der Waals surface area contributed by atoms with Crippen LogP contribution in [0.15, 0.2) is 84.9 Å². The minimum absolute atomic E-state index is 0.792. The van der Waals surface area contributed by atoms with Gasteiger partial charge in [0.1, 0.15) is 0 Å². The van der Waals surface area contributed by atoms with Crippen molar-refractivity contribution in [1.29, 1.82) is 0 Å². The van der Waals surface area contributed by atoms with Crippen LogP contribution in [-0.2, 0) is 6.42 Å². The van der Waals surface area contributed by atoms with Gasteiger partial charge >= 0.3 is 0 Å². The smallest absolute Gasteiger partial charge is 0.0403 e. The molecule has 0 spiro atoms. The first-order valence-corrected chi connectivity index (χ1v) is 11.0. The molecule has 0 N–H and O–H groups in total. The van der Waals surface area contributed by atoms with Crippen LogP contribution in [-0.4, -0.2) is 37.6 Å². The third-order valence-electron chi connectivity index (χ3n) is 6.59. The highest BCUT2D eigenvalue weighted by molar-refractivity contribution is 5.55. The van der Waals surface area contributed by atoms with Crippen molar-refractivity contribution in [3.63, 3.8) is 0 Å². The minimum atomic E-state index is 0.792. The molecule has 2 nitrogen and oxygen atoms in total. The first-order chi connectivity index (χ1) is 14.4. The summed E-state index contributed by atoms with van der Waals surface area (Å²) in [6, 6.07) is 30.9. The summed E-state index contributed by atoms with van der Waals surface area (Å²) in [5.41, 5.74) is 5.79. The van der Waals surface area contributed by atoms with Gasteiger partial charge in [-0.3, -0.25) is 4.90 Å². The predicted molar refractivity (Wildman–Crippen MR) is 122 cm³/mol. The Bertz CT molecular complexity index is 914. The summed E-state index contributed by atoms with van der Waals surface area (Å²) >= 11 is 0. The lowest BCUT2D eigenvalue weighted by Crippen LogP contribution is -2.47. The van der Waals surface area contributed by atoms with E-state index in [-0.39, 0.29) is 0 Å². The van der Waals surface area contributed by atoms with Crippen LogP contribution < -0.4 is 4.90 Å². The van der Waals surface area contributed by atoms with Crippen LogP contribution in [0.1, 0.15) is 29.0 Å². The average molecular weight is 383 g/mol. The summed E-state index contributed by atoms with van der Waals surface area (Å²) < 4.78 is 0. The third-order valence-corrected chi connectivity index (χ3v) is 6.59. The number of para-hydroxylation sites is 1. The number of nitrogens with zero attached hydrogens (tertiary/aromatic N) is 2. The fourth-order valence-corrected chi connectivity index (χ4v) is 4.85. The molecule has 1 aliphatic heterocycles. The Morgan fingerprint density at radius 2 is 1.34 bits per heavy atom. The van der Waals surface area contributed by atoms with E-state index in [2.05, 4.69) is 94.7 Å². The number of anilines is 1. The Hall–Kier alpha value is -2.58. The van der Waals surface area contributed by atoms with Gasteiger partial charge in [-0.25, -0.2) is 0 Å². The number of rotatable bonds is 6. The molecule has 3 aromatic rings. The van der Waals surface area contributed by atoms with E-state index in [1.54, 1.807) is 0 Å². The number of hydrogen-bond acceptors (Lipinski definition) is 2. The third kappa shape index (κ3) is 4.38. The zero-order valence-corrected chi connectivity index (χ0v) is 17.1. The molecule has 0 aromatic heterocycles. The first kappa shape index (κ1) is 18.4. The second-order valence-corrected chi connectivity index (χ2v) is 8.59. The number of hydrogen-bond donors (Lipinski definition) is 0. The molecule has 2 aliphatic rings. The van der Waals surface area contributed by atoms with E-state index < -0.39 is 0 Å². The van der Waals surface area contributed by atoms with E-state index in [4.69, 9.17) is 0 Å². The fraction of sp³-hybridized carbons (Fsp3) is 0.333. The summed E-state index contributed by atoms with van der Waals surface area (Å²) in [6.07, 6.45) is 2.38. The molecule has 0 unspecified atom stereocenters. The van der Waals surface area contributed by atoms with E-state index in [1.807, 2.05) is 0 Å². The minimum Gasteiger partial charge on any atom is -0.369 e. The molecule has 148 valence electrons. The van der Waals surface area contributed by atoms with Gasteiger partial charge in [0.05, 0.1) is 0 Å². The molecule has 5 rings (SSSR count). The summed E-state index contributed by atoms with van der Waals surface area (Å²) in [7, 11) is 0. The molecule has 29 heavy (non-hydrogen) atoms. The second kappa shape index (κ2) is 8.42. The Balaban J connectivity index is 1.18. The monoisotopic (exact) mass is 382 g/mol. The number of piperazine rings is 1. The van der Waals surface area contributed by atoms with Gasteiger partial charge in [-0.15, -0.1) is 0 Å². The van der Waals surface area contributed by atoms with Crippen LogP contribution in [0.4, 0.5) is 5.69 Å². The predicted octanol–water partition coefficient (Wildman–Crippen LogP) is 5.20. The fourth-order valence-electron chi connectivity index (χ4n) is 4.85. The van der Waals surface area contributed by atoms with E-state index in [1.165, 1.54) is 48.4 Å². The van der Waals surface area contributed by atoms with Crippen LogP contribution in [0.2, 0.25) is 0 Å². The van der Waals surface area contributed by atoms with Crippen LogP contribution in [0.25, 0.3) is 0 Å². The van der Waals surface area contributed by atoms with E-state index >= 15 is 0 Å². The lowest BCUT2D eigenvalue weighted by Gasteiger charge is -2.37. The SMILES string of the molecule is c1ccc(Cc2ccccc2N2CCN(C[C@@H]3C[C@H]3c3ccccc3)CC2)cc1. The van der Waals surface area contributed by atoms with Crippen molar-refractivity contribution in [2.75, 3.05) is 37.6 Å². The summed E-state index contributed by atoms with van der Waals surface area (Å²) in [6.45, 7) is 5.89. The molecule has 1 saturated heterocycles. The van der Waals surface area contributed by atoms with E-state index in [9.17, 15) is 0 Å². The van der Waals surface area contributed by atoms with Gasteiger partial charge in [-0.2, -0.15) is 0 Å². The highest BCUT2D eigenvalue weighted by Gasteiger charge is 2.39. The Morgan fingerprint density at radius 3 is 2.10 bits per heavy atom. The Labute approximate surface area is 174 Å². The normalized spacial score (nSPS) is 21.9. The molecule has 1 saturated carbocycles. The van der Waals surface area contributed by atoms with Gasteiger partial charge in [-0.05, 0) is 47.4 Å². The summed E-state index contributed by atoms with van der Waals surface area (Å²) in [5, 5.41) is 0. The Morgan fingerprint density at radius 1 is 0.690 bits per heavy atom. The average Bonchev–Trinajstić information content (AvgIpc) is 3.55. The van der Waals surface area contributed by atoms with Crippen LogP contribution >= 0.6 is 0 Å². The molecular formula is C27H30N2. The topological polar surface area (TPSA) is 6.48 Å². The van der Waals surface area contributed by atoms with Crippen molar-refractivity contribution >= 4 is 5.69 Å². The summed E-state index contributed by atoms with van der Waals surface area (Å²) in [4.78, 5) is 5.28. The van der Waals surface area contributed by atoms with Crippen molar-refractivity contribution in [3.05, 3.63) is 102 Å². The quantitative estimate of drug-likeness (QED) is 0.578. The molecule has 3 aromatic carbocycles. The standard InChI is InChI=1S/C27H30N2/c1-3-9-22(10-4-1)19-24-13-7-8-14-27(24)29-17-15-28(16-18-29)21-25-20-26(25)23-11-5-2-6-12-23/h1-14,25-26H,15-21H2/t25-,26-/m0/s1. The zero-order valence-electron chi connectivity index (χ0n) is 17.1. The second-order valence-electron chi connectivity index (χ2n) is 8.59. The zero-order chi connectivity index (χ0) is 19.5. The molecule has 0 bridgehead atoms. The molecule has 2 atom stereocenters. The largest absolute Gasteiger partial charge is 0.369 e. The molecule has 0 radical (unpaired) electrons. The maximum Gasteiger partial charge on any atom is 0.0403 e. The lowest BCUT2D eigenvalue weighted by molar-refractivity contribution is 0.246. The maximum atomic E-state index is 2.68. The van der Waals surface area contributed by atoms with Crippen LogP contribution in [0.3, 0.4) is 0 Å². The van der Waals surface area contributed by atoms with Crippen molar-refractivity contribution in [2.24, 2.45) is 5.92 Å². The van der Waals surface area contributed by atoms with Gasteiger partial charge in [-0.1, -0.05) is 78.9 Å². The van der Waals surface area contributed by atoms with Gasteiger partial charge < -0.3 is 4.90 Å². The molecule has 1 aliphatic carbocycles. The highest BCUT2D eigenvalue weighted by Crippen LogP contribution is 2.47.